The zero-order chi connectivity index (χ0) is 42.5. The van der Waals surface area contributed by atoms with Gasteiger partial charge in [-0.3, -0.25) is 0 Å². The van der Waals surface area contributed by atoms with E-state index in [0.717, 1.165) is 158 Å². The van der Waals surface area contributed by atoms with Crippen LogP contribution >= 0.6 is 0 Å². The maximum absolute atomic E-state index is 15.4. The van der Waals surface area contributed by atoms with Crippen LogP contribution in [0.4, 0.5) is 34.1 Å². The van der Waals surface area contributed by atoms with Gasteiger partial charge >= 0.3 is 0 Å². The molecule has 0 spiro atoms. The molecular weight excluding hydrogens is 741 g/mol. The van der Waals surface area contributed by atoms with E-state index in [4.69, 9.17) is 22.9 Å². The van der Waals surface area contributed by atoms with Crippen LogP contribution < -0.4 is 42.9 Å². The minimum atomic E-state index is -1.30. The van der Waals surface area contributed by atoms with Gasteiger partial charge in [0.25, 0.3) is 0 Å². The molecular formula is C52H68N6O2-2. The molecule has 6 aromatic carbocycles. The second-order valence-electron chi connectivity index (χ2n) is 17.4. The SMILES string of the molecule is CCCCCN(CCCCC)c1c2cccc(N)c2c(C2C([O-])C(c3c4c(N)cccc4c(N(CCCCC)CCCCC)c4cccc(N)c34)C2[O-])c2c(N)cccc12. The summed E-state index contributed by atoms with van der Waals surface area (Å²) in [4.78, 5) is 5.01. The van der Waals surface area contributed by atoms with Crippen LogP contribution in [-0.2, 0) is 0 Å². The summed E-state index contributed by atoms with van der Waals surface area (Å²) in [6.07, 6.45) is 10.7. The predicted octanol–water partition coefficient (Wildman–Crippen LogP) is 10.3. The number of unbranched alkanes of at least 4 members (excludes halogenated alkanes) is 8. The smallest absolute Gasteiger partial charge is 0.0527 e. The zero-order valence-electron chi connectivity index (χ0n) is 36.6. The van der Waals surface area contributed by atoms with Crippen LogP contribution in [0.2, 0.25) is 0 Å². The topological polar surface area (TPSA) is 157 Å². The molecule has 8 N–H and O–H groups in total. The van der Waals surface area contributed by atoms with Crippen molar-refractivity contribution in [3.05, 3.63) is 83.9 Å². The average Bonchev–Trinajstić information content (AvgIpc) is 3.23. The van der Waals surface area contributed by atoms with Gasteiger partial charge < -0.3 is 42.9 Å². The lowest BCUT2D eigenvalue weighted by molar-refractivity contribution is -0.535. The Kier molecular flexibility index (Phi) is 13.8. The Balaban J connectivity index is 1.44. The molecule has 60 heavy (non-hydrogen) atoms. The molecule has 8 heteroatoms. The van der Waals surface area contributed by atoms with Gasteiger partial charge in [-0.15, -0.1) is 12.2 Å². The number of nitrogens with two attached hydrogens (primary N) is 4. The molecule has 0 bridgehead atoms. The summed E-state index contributed by atoms with van der Waals surface area (Å²) in [5.41, 5.74) is 33.7. The first-order chi connectivity index (χ1) is 29.2. The minimum absolute atomic E-state index is 0.554. The van der Waals surface area contributed by atoms with Crippen molar-refractivity contribution in [3.63, 3.8) is 0 Å². The summed E-state index contributed by atoms with van der Waals surface area (Å²) >= 11 is 0. The Hall–Kier alpha value is -4.92. The summed E-state index contributed by atoms with van der Waals surface area (Å²) in [5, 5.41) is 37.8. The van der Waals surface area contributed by atoms with Gasteiger partial charge in [0.1, 0.15) is 0 Å². The Labute approximate surface area is 357 Å². The largest absolute Gasteiger partial charge is 0.851 e. The molecule has 1 fully saturated rings. The number of rotatable bonds is 20. The second kappa shape index (κ2) is 19.2. The molecule has 0 heterocycles. The normalized spacial score (nSPS) is 17.8. The number of nitrogen functional groups attached to an aromatic ring is 4. The van der Waals surface area contributed by atoms with E-state index in [0.29, 0.717) is 33.9 Å². The average molecular weight is 809 g/mol. The summed E-state index contributed by atoms with van der Waals surface area (Å²) in [7, 11) is 0. The van der Waals surface area contributed by atoms with Crippen molar-refractivity contribution in [3.8, 4) is 0 Å². The molecule has 1 aliphatic rings. The lowest BCUT2D eigenvalue weighted by Gasteiger charge is -2.62. The Bertz CT molecular complexity index is 2110. The molecule has 320 valence electrons. The van der Waals surface area contributed by atoms with E-state index >= 15 is 10.2 Å². The minimum Gasteiger partial charge on any atom is -0.851 e. The van der Waals surface area contributed by atoms with Gasteiger partial charge in [0.2, 0.25) is 0 Å². The monoisotopic (exact) mass is 809 g/mol. The molecule has 1 aliphatic carbocycles. The number of anilines is 6. The fourth-order valence-electron chi connectivity index (χ4n) is 10.4. The van der Waals surface area contributed by atoms with Gasteiger partial charge in [0.15, 0.2) is 0 Å². The lowest BCUT2D eigenvalue weighted by Crippen LogP contribution is -2.63. The maximum atomic E-state index is 15.4. The summed E-state index contributed by atoms with van der Waals surface area (Å²) in [5.74, 6) is -1.78. The van der Waals surface area contributed by atoms with E-state index in [-0.39, 0.29) is 0 Å². The van der Waals surface area contributed by atoms with E-state index < -0.39 is 24.0 Å². The van der Waals surface area contributed by atoms with Gasteiger partial charge in [-0.05, 0) is 72.9 Å². The molecule has 1 saturated carbocycles. The first-order valence-electron chi connectivity index (χ1n) is 23.1. The molecule has 0 aliphatic heterocycles. The number of fused-ring (bicyclic) bond motifs is 4. The number of benzene rings is 6. The molecule has 6 aromatic rings. The third-order valence-electron chi connectivity index (χ3n) is 13.3. The fourth-order valence-corrected chi connectivity index (χ4v) is 10.4. The van der Waals surface area contributed by atoms with Gasteiger partial charge in [-0.1, -0.05) is 128 Å². The fraction of sp³-hybridized carbons (Fsp3) is 0.462. The molecule has 7 rings (SSSR count). The highest BCUT2D eigenvalue weighted by Gasteiger charge is 2.43. The first-order valence-corrected chi connectivity index (χ1v) is 23.1. The van der Waals surface area contributed by atoms with Crippen LogP contribution in [0, 0.1) is 0 Å². The van der Waals surface area contributed by atoms with Crippen LogP contribution in [-0.4, -0.2) is 38.4 Å². The van der Waals surface area contributed by atoms with E-state index in [2.05, 4.69) is 61.8 Å². The van der Waals surface area contributed by atoms with Gasteiger partial charge in [-0.25, -0.2) is 0 Å². The predicted molar refractivity (Wildman–Crippen MR) is 256 cm³/mol. The summed E-state index contributed by atoms with van der Waals surface area (Å²) in [6, 6.07) is 24.0. The highest BCUT2D eigenvalue weighted by atomic mass is 16.3. The van der Waals surface area contributed by atoms with Gasteiger partial charge in [0.05, 0.1) is 11.4 Å². The van der Waals surface area contributed by atoms with Crippen molar-refractivity contribution >= 4 is 77.2 Å². The van der Waals surface area contributed by atoms with Crippen molar-refractivity contribution in [2.75, 3.05) is 58.9 Å². The van der Waals surface area contributed by atoms with Crippen LogP contribution in [0.3, 0.4) is 0 Å². The van der Waals surface area contributed by atoms with E-state index in [1.54, 1.807) is 0 Å². The van der Waals surface area contributed by atoms with Crippen molar-refractivity contribution in [2.45, 2.75) is 129 Å². The van der Waals surface area contributed by atoms with Gasteiger partial charge in [0, 0.05) is 92.0 Å². The highest BCUT2D eigenvalue weighted by Crippen LogP contribution is 2.57. The molecule has 8 nitrogen and oxygen atoms in total. The van der Waals surface area contributed by atoms with Crippen molar-refractivity contribution in [1.82, 2.24) is 0 Å². The van der Waals surface area contributed by atoms with Crippen molar-refractivity contribution < 1.29 is 10.2 Å². The zero-order valence-corrected chi connectivity index (χ0v) is 36.6. The Morgan fingerprint density at radius 3 is 0.883 bits per heavy atom. The lowest BCUT2D eigenvalue weighted by atomic mass is 9.60. The van der Waals surface area contributed by atoms with Crippen LogP contribution in [0.1, 0.15) is 128 Å². The number of nitrogens with zero attached hydrogens (tertiary/aromatic N) is 2. The Morgan fingerprint density at radius 2 is 0.650 bits per heavy atom. The molecule has 0 unspecified atom stereocenters. The first kappa shape index (κ1) is 43.2. The van der Waals surface area contributed by atoms with Crippen molar-refractivity contribution in [1.29, 1.82) is 0 Å². The third-order valence-corrected chi connectivity index (χ3v) is 13.3. The summed E-state index contributed by atoms with van der Waals surface area (Å²) in [6.45, 7) is 12.5. The standard InChI is InChI=1S/C52H68N6O2/c1-5-9-13-29-57(30-14-10-6-2)49-33-21-17-25-37(53)41(33)45(42-34(49)22-18-26-38(42)54)47-51(59)48(52(47)60)46-43-35(23-19-27-39(43)55)50(36-24-20-28-40(56)44(36)46)58(31-15-11-7-3)32-16-12-8-4/h17-28,47-48,51-52H,5-16,29-32,53-56H2,1-4H3/q-2. The van der Waals surface area contributed by atoms with E-state index in [1.807, 2.05) is 48.5 Å². The Morgan fingerprint density at radius 1 is 0.400 bits per heavy atom. The molecule has 0 radical (unpaired) electrons. The molecule has 0 atom stereocenters. The van der Waals surface area contributed by atoms with Crippen LogP contribution in [0.15, 0.2) is 72.8 Å². The number of hydrogen-bond donors (Lipinski definition) is 4. The van der Waals surface area contributed by atoms with Crippen LogP contribution in [0.5, 0.6) is 0 Å². The van der Waals surface area contributed by atoms with Gasteiger partial charge in [-0.2, -0.15) is 0 Å². The maximum Gasteiger partial charge on any atom is 0.0527 e. The van der Waals surface area contributed by atoms with E-state index in [9.17, 15) is 0 Å². The number of hydrogen-bond acceptors (Lipinski definition) is 8. The van der Waals surface area contributed by atoms with Crippen LogP contribution in [0.25, 0.3) is 43.1 Å². The van der Waals surface area contributed by atoms with Crippen molar-refractivity contribution in [2.24, 2.45) is 0 Å². The summed E-state index contributed by atoms with van der Waals surface area (Å²) < 4.78 is 0. The highest BCUT2D eigenvalue weighted by molar-refractivity contribution is 6.21. The second-order valence-corrected chi connectivity index (χ2v) is 17.4. The third kappa shape index (κ3) is 7.89. The molecule has 0 saturated heterocycles. The quantitative estimate of drug-likeness (QED) is 0.0337. The molecule has 0 aromatic heterocycles. The molecule has 0 amide bonds. The van der Waals surface area contributed by atoms with E-state index in [1.165, 1.54) is 0 Å².